The van der Waals surface area contributed by atoms with E-state index in [1.54, 1.807) is 14.2 Å². The largest absolute Gasteiger partial charge is 0.493 e. The Morgan fingerprint density at radius 3 is 2.58 bits per heavy atom. The number of piperidine rings is 1. The number of ether oxygens (including phenoxy) is 2. The van der Waals surface area contributed by atoms with Gasteiger partial charge in [-0.1, -0.05) is 6.42 Å². The molecule has 0 spiro atoms. The lowest BCUT2D eigenvalue weighted by molar-refractivity contribution is 0.350. The van der Waals surface area contributed by atoms with Crippen LogP contribution in [0, 0.1) is 13.8 Å². The van der Waals surface area contributed by atoms with E-state index in [1.165, 1.54) is 36.0 Å². The number of hydrogen-bond acceptors (Lipinski definition) is 3. The second-order valence-corrected chi connectivity index (χ2v) is 5.38. The van der Waals surface area contributed by atoms with Crippen molar-refractivity contribution >= 4 is 0 Å². The Kier molecular flexibility index (Phi) is 4.70. The van der Waals surface area contributed by atoms with Crippen molar-refractivity contribution in [3.8, 4) is 11.5 Å². The van der Waals surface area contributed by atoms with Gasteiger partial charge in [-0.2, -0.15) is 0 Å². The van der Waals surface area contributed by atoms with Crippen molar-refractivity contribution in [1.29, 1.82) is 0 Å². The normalized spacial score (nSPS) is 19.3. The van der Waals surface area contributed by atoms with Gasteiger partial charge in [0.25, 0.3) is 0 Å². The standard InChI is InChI=1S/C16H25NO2/c1-11-9-15(18-3)16(19-4)12(2)14(11)10-13-7-5-6-8-17-13/h9,13,17H,5-8,10H2,1-4H3. The predicted molar refractivity (Wildman–Crippen MR) is 78.4 cm³/mol. The smallest absolute Gasteiger partial charge is 0.163 e. The van der Waals surface area contributed by atoms with Crippen LogP contribution in [0.3, 0.4) is 0 Å². The monoisotopic (exact) mass is 263 g/mol. The molecule has 106 valence electrons. The molecule has 3 nitrogen and oxygen atoms in total. The molecule has 3 heteroatoms. The highest BCUT2D eigenvalue weighted by molar-refractivity contribution is 5.53. The zero-order valence-corrected chi connectivity index (χ0v) is 12.5. The second kappa shape index (κ2) is 6.29. The highest BCUT2D eigenvalue weighted by Crippen LogP contribution is 2.36. The summed E-state index contributed by atoms with van der Waals surface area (Å²) in [6, 6.07) is 2.69. The van der Waals surface area contributed by atoms with Gasteiger partial charge in [-0.05, 0) is 62.4 Å². The molecule has 1 fully saturated rings. The van der Waals surface area contributed by atoms with E-state index in [9.17, 15) is 0 Å². The van der Waals surface area contributed by atoms with Crippen molar-refractivity contribution in [3.05, 3.63) is 22.8 Å². The molecule has 0 bridgehead atoms. The SMILES string of the molecule is COc1cc(C)c(CC2CCCCN2)c(C)c1OC. The van der Waals surface area contributed by atoms with E-state index in [2.05, 4.69) is 25.2 Å². The lowest BCUT2D eigenvalue weighted by Crippen LogP contribution is -2.35. The number of hydrogen-bond donors (Lipinski definition) is 1. The van der Waals surface area contributed by atoms with E-state index in [0.29, 0.717) is 6.04 Å². The van der Waals surface area contributed by atoms with E-state index < -0.39 is 0 Å². The summed E-state index contributed by atoms with van der Waals surface area (Å²) in [6.45, 7) is 5.44. The maximum absolute atomic E-state index is 5.51. The summed E-state index contributed by atoms with van der Waals surface area (Å²) in [6.07, 6.45) is 4.99. The van der Waals surface area contributed by atoms with Crippen molar-refractivity contribution in [2.24, 2.45) is 0 Å². The van der Waals surface area contributed by atoms with Crippen molar-refractivity contribution in [2.75, 3.05) is 20.8 Å². The van der Waals surface area contributed by atoms with Crippen LogP contribution >= 0.6 is 0 Å². The molecule has 1 aliphatic rings. The van der Waals surface area contributed by atoms with Crippen LogP contribution in [0.15, 0.2) is 6.07 Å². The molecular formula is C16H25NO2. The molecule has 19 heavy (non-hydrogen) atoms. The number of aryl methyl sites for hydroxylation is 1. The van der Waals surface area contributed by atoms with Gasteiger partial charge >= 0.3 is 0 Å². The van der Waals surface area contributed by atoms with Crippen molar-refractivity contribution < 1.29 is 9.47 Å². The molecule has 1 aliphatic heterocycles. The van der Waals surface area contributed by atoms with Crippen molar-refractivity contribution in [2.45, 2.75) is 45.6 Å². The molecule has 0 aromatic heterocycles. The molecule has 0 radical (unpaired) electrons. The fraction of sp³-hybridized carbons (Fsp3) is 0.625. The molecule has 0 amide bonds. The topological polar surface area (TPSA) is 30.5 Å². The summed E-state index contributed by atoms with van der Waals surface area (Å²) in [7, 11) is 3.40. The predicted octanol–water partition coefficient (Wildman–Crippen LogP) is 3.01. The number of methoxy groups -OCH3 is 2. The minimum Gasteiger partial charge on any atom is -0.493 e. The van der Waals surface area contributed by atoms with E-state index in [1.807, 2.05) is 0 Å². The first-order chi connectivity index (χ1) is 9.17. The molecule has 1 atom stereocenters. The van der Waals surface area contributed by atoms with E-state index in [-0.39, 0.29) is 0 Å². The Labute approximate surface area is 116 Å². The summed E-state index contributed by atoms with van der Waals surface area (Å²) in [5.74, 6) is 1.71. The first-order valence-corrected chi connectivity index (χ1v) is 7.11. The van der Waals surface area contributed by atoms with Crippen LogP contribution in [-0.4, -0.2) is 26.8 Å². The Bertz CT molecular complexity index is 437. The minimum atomic E-state index is 0.601. The summed E-state index contributed by atoms with van der Waals surface area (Å²) in [5.41, 5.74) is 3.91. The summed E-state index contributed by atoms with van der Waals surface area (Å²) < 4.78 is 10.9. The van der Waals surface area contributed by atoms with E-state index in [0.717, 1.165) is 24.5 Å². The van der Waals surface area contributed by atoms with Gasteiger partial charge in [0.05, 0.1) is 14.2 Å². The van der Waals surface area contributed by atoms with Crippen LogP contribution in [0.25, 0.3) is 0 Å². The number of benzene rings is 1. The van der Waals surface area contributed by atoms with Crippen LogP contribution in [0.1, 0.15) is 36.0 Å². The first kappa shape index (κ1) is 14.2. The number of rotatable bonds is 4. The van der Waals surface area contributed by atoms with Crippen LogP contribution in [0.2, 0.25) is 0 Å². The van der Waals surface area contributed by atoms with Gasteiger partial charge < -0.3 is 14.8 Å². The lowest BCUT2D eigenvalue weighted by atomic mass is 9.91. The Hall–Kier alpha value is -1.22. The molecule has 0 saturated carbocycles. The summed E-state index contributed by atoms with van der Waals surface area (Å²) in [5, 5.41) is 3.62. The molecule has 1 aromatic rings. The maximum Gasteiger partial charge on any atom is 0.163 e. The molecule has 1 heterocycles. The fourth-order valence-electron chi connectivity index (χ4n) is 3.03. The molecule has 1 saturated heterocycles. The van der Waals surface area contributed by atoms with Gasteiger partial charge in [-0.3, -0.25) is 0 Å². The third-order valence-corrected chi connectivity index (χ3v) is 4.13. The Balaban J connectivity index is 2.28. The quantitative estimate of drug-likeness (QED) is 0.906. The highest BCUT2D eigenvalue weighted by Gasteiger charge is 2.19. The maximum atomic E-state index is 5.51. The minimum absolute atomic E-state index is 0.601. The van der Waals surface area contributed by atoms with E-state index >= 15 is 0 Å². The zero-order valence-electron chi connectivity index (χ0n) is 12.5. The number of nitrogens with one attached hydrogen (secondary N) is 1. The van der Waals surface area contributed by atoms with Crippen molar-refractivity contribution in [3.63, 3.8) is 0 Å². The molecule has 1 unspecified atom stereocenters. The van der Waals surface area contributed by atoms with E-state index in [4.69, 9.17) is 9.47 Å². The van der Waals surface area contributed by atoms with Crippen molar-refractivity contribution in [1.82, 2.24) is 5.32 Å². The van der Waals surface area contributed by atoms with Crippen LogP contribution < -0.4 is 14.8 Å². The lowest BCUT2D eigenvalue weighted by Gasteiger charge is -2.26. The van der Waals surface area contributed by atoms with Gasteiger partial charge in [0, 0.05) is 6.04 Å². The highest BCUT2D eigenvalue weighted by atomic mass is 16.5. The average Bonchev–Trinajstić information content (AvgIpc) is 2.44. The van der Waals surface area contributed by atoms with Gasteiger partial charge in [-0.25, -0.2) is 0 Å². The average molecular weight is 263 g/mol. The second-order valence-electron chi connectivity index (χ2n) is 5.38. The molecule has 1 aromatic carbocycles. The summed E-state index contributed by atoms with van der Waals surface area (Å²) >= 11 is 0. The third kappa shape index (κ3) is 3.03. The first-order valence-electron chi connectivity index (χ1n) is 7.11. The van der Waals surface area contributed by atoms with Crippen LogP contribution in [0.4, 0.5) is 0 Å². The molecule has 1 N–H and O–H groups in total. The van der Waals surface area contributed by atoms with Gasteiger partial charge in [0.1, 0.15) is 0 Å². The zero-order chi connectivity index (χ0) is 13.8. The van der Waals surface area contributed by atoms with Crippen LogP contribution in [-0.2, 0) is 6.42 Å². The van der Waals surface area contributed by atoms with Gasteiger partial charge in [0.2, 0.25) is 0 Å². The molecular weight excluding hydrogens is 238 g/mol. The molecule has 0 aliphatic carbocycles. The fourth-order valence-corrected chi connectivity index (χ4v) is 3.03. The summed E-state index contributed by atoms with van der Waals surface area (Å²) in [4.78, 5) is 0. The Morgan fingerprint density at radius 1 is 1.21 bits per heavy atom. The van der Waals surface area contributed by atoms with Gasteiger partial charge in [-0.15, -0.1) is 0 Å². The Morgan fingerprint density at radius 2 is 2.00 bits per heavy atom. The third-order valence-electron chi connectivity index (χ3n) is 4.13. The van der Waals surface area contributed by atoms with Gasteiger partial charge in [0.15, 0.2) is 11.5 Å². The van der Waals surface area contributed by atoms with Crippen LogP contribution in [0.5, 0.6) is 11.5 Å². The molecule has 2 rings (SSSR count).